The Bertz CT molecular complexity index is 1640. The smallest absolute Gasteiger partial charge is 0.261 e. The fourth-order valence-corrected chi connectivity index (χ4v) is 5.57. The van der Waals surface area contributed by atoms with Gasteiger partial charge in [0.15, 0.2) is 6.61 Å². The number of hydrogen-bond acceptors (Lipinski definition) is 5. The van der Waals surface area contributed by atoms with Crippen molar-refractivity contribution >= 4 is 39.1 Å². The van der Waals surface area contributed by atoms with Gasteiger partial charge in [0, 0.05) is 30.2 Å². The molecule has 0 radical (unpaired) electrons. The van der Waals surface area contributed by atoms with Crippen molar-refractivity contribution in [2.75, 3.05) is 17.9 Å². The summed E-state index contributed by atoms with van der Waals surface area (Å²) in [5, 5.41) is 3.47. The number of halogens is 2. The largest absolute Gasteiger partial charge is 0.484 e. The van der Waals surface area contributed by atoms with Gasteiger partial charge in [-0.2, -0.15) is 0 Å². The summed E-state index contributed by atoms with van der Waals surface area (Å²) in [6, 6.07) is 26.2. The van der Waals surface area contributed by atoms with E-state index in [0.717, 1.165) is 29.7 Å². The van der Waals surface area contributed by atoms with E-state index in [1.165, 1.54) is 41.3 Å². The van der Waals surface area contributed by atoms with E-state index in [4.69, 9.17) is 16.3 Å². The molecule has 1 atom stereocenters. The van der Waals surface area contributed by atoms with Crippen molar-refractivity contribution in [3.05, 3.63) is 125 Å². The topological polar surface area (TPSA) is 105 Å². The van der Waals surface area contributed by atoms with Crippen molar-refractivity contribution in [1.82, 2.24) is 10.2 Å². The molecule has 0 aliphatic carbocycles. The van der Waals surface area contributed by atoms with E-state index in [-0.39, 0.29) is 35.4 Å². The summed E-state index contributed by atoms with van der Waals surface area (Å²) < 4.78 is 46.8. The molecule has 44 heavy (non-hydrogen) atoms. The molecule has 2 N–H and O–H groups in total. The van der Waals surface area contributed by atoms with Crippen LogP contribution in [0.1, 0.15) is 24.5 Å². The number of carbonyl (C=O) groups is 2. The van der Waals surface area contributed by atoms with Gasteiger partial charge >= 0.3 is 0 Å². The second-order valence-electron chi connectivity index (χ2n) is 10.0. The predicted molar refractivity (Wildman–Crippen MR) is 168 cm³/mol. The lowest BCUT2D eigenvalue weighted by atomic mass is 10.0. The molecule has 0 saturated carbocycles. The van der Waals surface area contributed by atoms with Crippen LogP contribution in [0.2, 0.25) is 5.02 Å². The van der Waals surface area contributed by atoms with Gasteiger partial charge in [-0.15, -0.1) is 0 Å². The van der Waals surface area contributed by atoms with Crippen LogP contribution >= 0.6 is 11.6 Å². The van der Waals surface area contributed by atoms with E-state index in [0.29, 0.717) is 18.0 Å². The monoisotopic (exact) mass is 637 g/mol. The van der Waals surface area contributed by atoms with Crippen molar-refractivity contribution in [2.24, 2.45) is 0 Å². The number of anilines is 1. The van der Waals surface area contributed by atoms with E-state index >= 15 is 0 Å². The molecule has 0 aliphatic heterocycles. The normalized spacial score (nSPS) is 11.8. The van der Waals surface area contributed by atoms with Crippen LogP contribution in [0.15, 0.2) is 108 Å². The van der Waals surface area contributed by atoms with E-state index in [1.54, 1.807) is 24.3 Å². The highest BCUT2D eigenvalue weighted by Gasteiger charge is 2.30. The van der Waals surface area contributed by atoms with Crippen LogP contribution in [0.3, 0.4) is 0 Å². The summed E-state index contributed by atoms with van der Waals surface area (Å²) in [4.78, 5) is 28.6. The molecule has 0 aromatic heterocycles. The summed E-state index contributed by atoms with van der Waals surface area (Å²) in [5.41, 5.74) is 1.89. The maximum Gasteiger partial charge on any atom is 0.261 e. The molecule has 0 saturated heterocycles. The number of ether oxygens (including phenoxy) is 1. The van der Waals surface area contributed by atoms with Gasteiger partial charge in [-0.3, -0.25) is 14.3 Å². The summed E-state index contributed by atoms with van der Waals surface area (Å²) in [7, 11) is -3.94. The average molecular weight is 638 g/mol. The Morgan fingerprint density at radius 2 is 1.55 bits per heavy atom. The average Bonchev–Trinajstić information content (AvgIpc) is 3.03. The predicted octanol–water partition coefficient (Wildman–Crippen LogP) is 5.83. The third-order valence-corrected chi connectivity index (χ3v) is 8.33. The van der Waals surface area contributed by atoms with Crippen LogP contribution in [-0.4, -0.2) is 44.3 Å². The first-order valence-corrected chi connectivity index (χ1v) is 15.9. The number of nitrogens with zero attached hydrogens (tertiary/aromatic N) is 1. The third-order valence-electron chi connectivity index (χ3n) is 6.68. The first-order chi connectivity index (χ1) is 21.1. The Hall–Kier alpha value is -4.41. The third kappa shape index (κ3) is 9.29. The minimum absolute atomic E-state index is 0.0413. The molecule has 4 aromatic rings. The molecular weight excluding hydrogens is 605 g/mol. The Kier molecular flexibility index (Phi) is 11.3. The number of sulfonamides is 1. The molecule has 0 spiro atoms. The van der Waals surface area contributed by atoms with Crippen LogP contribution in [0.4, 0.5) is 10.1 Å². The summed E-state index contributed by atoms with van der Waals surface area (Å²) >= 11 is 6.07. The van der Waals surface area contributed by atoms with Crippen molar-refractivity contribution in [3.8, 4) is 5.75 Å². The van der Waals surface area contributed by atoms with Crippen LogP contribution in [0.5, 0.6) is 5.75 Å². The zero-order valence-corrected chi connectivity index (χ0v) is 25.7. The molecule has 11 heteroatoms. The van der Waals surface area contributed by atoms with Crippen molar-refractivity contribution in [1.29, 1.82) is 0 Å². The molecular formula is C33H33ClFN3O5S. The molecule has 4 aromatic carbocycles. The first-order valence-electron chi connectivity index (χ1n) is 14.0. The molecule has 230 valence electrons. The van der Waals surface area contributed by atoms with E-state index in [9.17, 15) is 22.4 Å². The van der Waals surface area contributed by atoms with E-state index in [2.05, 4.69) is 10.0 Å². The van der Waals surface area contributed by atoms with Crippen LogP contribution in [0.25, 0.3) is 0 Å². The number of amides is 2. The van der Waals surface area contributed by atoms with Gasteiger partial charge in [-0.1, -0.05) is 61.0 Å². The number of nitrogens with one attached hydrogen (secondary N) is 2. The SMILES string of the molecule is CCCNC(=O)[C@@H](Cc1ccccc1)N(Cc1ccc(Cl)cc1)C(=O)COc1ccc(S(=O)(=O)Nc2ccc(F)cc2)cc1. The Labute approximate surface area is 261 Å². The highest BCUT2D eigenvalue weighted by molar-refractivity contribution is 7.92. The number of benzene rings is 4. The molecule has 4 rings (SSSR count). The summed E-state index contributed by atoms with van der Waals surface area (Å²) in [6.45, 7) is 2.17. The van der Waals surface area contributed by atoms with E-state index in [1.807, 2.05) is 37.3 Å². The van der Waals surface area contributed by atoms with Gasteiger partial charge in [0.1, 0.15) is 17.6 Å². The molecule has 0 aliphatic rings. The van der Waals surface area contributed by atoms with Crippen molar-refractivity contribution in [3.63, 3.8) is 0 Å². The minimum atomic E-state index is -3.94. The standard InChI is InChI=1S/C33H33ClFN3O5S/c1-2-20-36-33(40)31(21-24-6-4-3-5-7-24)38(22-25-8-10-26(34)11-9-25)32(39)23-43-29-16-18-30(19-17-29)44(41,42)37-28-14-12-27(35)13-15-28/h3-19,31,37H,2,20-23H2,1H3,(H,36,40)/t31-/m1/s1. The lowest BCUT2D eigenvalue weighted by molar-refractivity contribution is -0.142. The Balaban J connectivity index is 1.52. The molecule has 0 bridgehead atoms. The molecule has 0 unspecified atom stereocenters. The number of carbonyl (C=O) groups excluding carboxylic acids is 2. The fraction of sp³-hybridized carbons (Fsp3) is 0.212. The van der Waals surface area contributed by atoms with Gasteiger partial charge in [0.25, 0.3) is 15.9 Å². The first kappa shape index (κ1) is 32.5. The summed E-state index contributed by atoms with van der Waals surface area (Å²) in [6.07, 6.45) is 1.03. The quantitative estimate of drug-likeness (QED) is 0.181. The van der Waals surface area contributed by atoms with Gasteiger partial charge in [0.2, 0.25) is 5.91 Å². The second kappa shape index (κ2) is 15.4. The van der Waals surface area contributed by atoms with Crippen LogP contribution in [0, 0.1) is 5.82 Å². The molecule has 8 nitrogen and oxygen atoms in total. The molecule has 0 fully saturated rings. The maximum atomic E-state index is 13.7. The van der Waals surface area contributed by atoms with Gasteiger partial charge in [-0.05, 0) is 78.2 Å². The van der Waals surface area contributed by atoms with E-state index < -0.39 is 27.8 Å². The van der Waals surface area contributed by atoms with Crippen molar-refractivity contribution < 1.29 is 27.1 Å². The molecule has 0 heterocycles. The number of hydrogen-bond donors (Lipinski definition) is 2. The maximum absolute atomic E-state index is 13.7. The highest BCUT2D eigenvalue weighted by atomic mass is 35.5. The van der Waals surface area contributed by atoms with Gasteiger partial charge in [0.05, 0.1) is 4.90 Å². The minimum Gasteiger partial charge on any atom is -0.484 e. The fourth-order valence-electron chi connectivity index (χ4n) is 4.38. The zero-order valence-electron chi connectivity index (χ0n) is 24.1. The van der Waals surface area contributed by atoms with Gasteiger partial charge < -0.3 is 15.0 Å². The van der Waals surface area contributed by atoms with Crippen LogP contribution in [-0.2, 0) is 32.6 Å². The van der Waals surface area contributed by atoms with Crippen LogP contribution < -0.4 is 14.8 Å². The molecule has 2 amide bonds. The lowest BCUT2D eigenvalue weighted by Gasteiger charge is -2.31. The Morgan fingerprint density at radius 1 is 0.886 bits per heavy atom. The van der Waals surface area contributed by atoms with Gasteiger partial charge in [-0.25, -0.2) is 12.8 Å². The lowest BCUT2D eigenvalue weighted by Crippen LogP contribution is -2.51. The zero-order chi connectivity index (χ0) is 31.5. The number of rotatable bonds is 14. The highest BCUT2D eigenvalue weighted by Crippen LogP contribution is 2.21. The van der Waals surface area contributed by atoms with Crippen molar-refractivity contribution in [2.45, 2.75) is 37.2 Å². The second-order valence-corrected chi connectivity index (χ2v) is 12.1. The summed E-state index contributed by atoms with van der Waals surface area (Å²) in [5.74, 6) is -0.923. The Morgan fingerprint density at radius 3 is 2.18 bits per heavy atom.